The summed E-state index contributed by atoms with van der Waals surface area (Å²) < 4.78 is 41.0. The number of carbonyl (C=O) groups excluding carboxylic acids is 1. The second-order valence-electron chi connectivity index (χ2n) is 6.41. The molecule has 1 amide bonds. The van der Waals surface area contributed by atoms with Crippen LogP contribution in [0.3, 0.4) is 0 Å². The molecule has 1 heterocycles. The molecule has 1 aromatic heterocycles. The van der Waals surface area contributed by atoms with Crippen LogP contribution in [0.4, 0.5) is 24.9 Å². The van der Waals surface area contributed by atoms with Crippen LogP contribution in [-0.4, -0.2) is 47.6 Å². The van der Waals surface area contributed by atoms with E-state index in [1.54, 1.807) is 21.0 Å². The number of aromatic nitrogens is 2. The number of aliphatic imine (C=N–C) groups is 1. The molecule has 0 aliphatic rings. The number of carbonyl (C=O) groups is 1. The molecule has 8 nitrogen and oxygen atoms in total. The summed E-state index contributed by atoms with van der Waals surface area (Å²) in [7, 11) is 3.23. The average molecular weight is 421 g/mol. The first-order valence-corrected chi connectivity index (χ1v) is 8.81. The molecule has 30 heavy (non-hydrogen) atoms. The Hall–Kier alpha value is -3.63. The molecule has 11 heteroatoms. The summed E-state index contributed by atoms with van der Waals surface area (Å²) in [6.45, 7) is 1.32. The second kappa shape index (κ2) is 10.2. The molecule has 160 valence electrons. The van der Waals surface area contributed by atoms with Crippen molar-refractivity contribution >= 4 is 23.9 Å². The van der Waals surface area contributed by atoms with E-state index in [9.17, 15) is 18.0 Å². The topological polar surface area (TPSA) is 109 Å². The predicted octanol–water partition coefficient (Wildman–Crippen LogP) is 2.19. The van der Waals surface area contributed by atoms with Gasteiger partial charge >= 0.3 is 0 Å². The van der Waals surface area contributed by atoms with Crippen molar-refractivity contribution in [1.29, 1.82) is 0 Å². The van der Waals surface area contributed by atoms with Crippen LogP contribution >= 0.6 is 0 Å². The number of aryl methyl sites for hydroxylation is 1. The molecule has 0 aliphatic carbocycles. The van der Waals surface area contributed by atoms with E-state index in [4.69, 9.17) is 5.73 Å². The molecule has 0 fully saturated rings. The van der Waals surface area contributed by atoms with Gasteiger partial charge in [-0.1, -0.05) is 0 Å². The third-order valence-corrected chi connectivity index (χ3v) is 3.93. The zero-order chi connectivity index (χ0) is 22.3. The zero-order valence-electron chi connectivity index (χ0n) is 16.7. The van der Waals surface area contributed by atoms with E-state index in [1.807, 2.05) is 0 Å². The number of anilines is 2. The van der Waals surface area contributed by atoms with Crippen molar-refractivity contribution in [2.24, 2.45) is 10.7 Å². The monoisotopic (exact) mass is 421 g/mol. The highest BCUT2D eigenvalue weighted by molar-refractivity contribution is 5.85. The van der Waals surface area contributed by atoms with Crippen LogP contribution in [-0.2, 0) is 11.3 Å². The summed E-state index contributed by atoms with van der Waals surface area (Å²) in [6.07, 6.45) is 4.06. The van der Waals surface area contributed by atoms with Gasteiger partial charge in [-0.05, 0) is 19.1 Å². The molecule has 2 aromatic rings. The number of rotatable bonds is 8. The Morgan fingerprint density at radius 3 is 2.63 bits per heavy atom. The lowest BCUT2D eigenvalue weighted by Gasteiger charge is -2.12. The molecular weight excluding hydrogens is 399 g/mol. The summed E-state index contributed by atoms with van der Waals surface area (Å²) in [5.41, 5.74) is 6.03. The smallest absolute Gasteiger partial charge is 0.243 e. The predicted molar refractivity (Wildman–Crippen MR) is 108 cm³/mol. The molecule has 0 saturated heterocycles. The van der Waals surface area contributed by atoms with Crippen LogP contribution in [0.5, 0.6) is 0 Å². The molecule has 0 spiro atoms. The van der Waals surface area contributed by atoms with Crippen molar-refractivity contribution in [3.8, 4) is 0 Å². The maximum absolute atomic E-state index is 13.8. The number of nitrogens with two attached hydrogens (primary N) is 1. The highest BCUT2D eigenvalue weighted by Gasteiger charge is 2.14. The third-order valence-electron chi connectivity index (χ3n) is 3.93. The van der Waals surface area contributed by atoms with Gasteiger partial charge in [-0.2, -0.15) is 4.98 Å². The minimum atomic E-state index is -1.26. The van der Waals surface area contributed by atoms with Crippen molar-refractivity contribution in [3.05, 3.63) is 58.8 Å². The van der Waals surface area contributed by atoms with Crippen molar-refractivity contribution in [3.63, 3.8) is 0 Å². The summed E-state index contributed by atoms with van der Waals surface area (Å²) in [6, 6.07) is 1.58. The van der Waals surface area contributed by atoms with Crippen LogP contribution in [0.1, 0.15) is 11.1 Å². The first-order chi connectivity index (χ1) is 14.2. The number of likely N-dealkylation sites (N-methyl/N-ethyl adjacent to an activating group) is 1. The fourth-order valence-electron chi connectivity index (χ4n) is 2.19. The van der Waals surface area contributed by atoms with E-state index in [2.05, 4.69) is 25.6 Å². The first-order valence-electron chi connectivity index (χ1n) is 8.81. The number of amides is 1. The lowest BCUT2D eigenvalue weighted by Crippen LogP contribution is -2.24. The largest absolute Gasteiger partial charge is 0.403 e. The number of benzene rings is 1. The van der Waals surface area contributed by atoms with Gasteiger partial charge in [0.1, 0.15) is 18.2 Å². The SMILES string of the molecule is Cc1cnc(N/C(C=NCC(=O)N(C)C)=C/N)nc1NCc1c(F)ccc(F)c1F. The molecule has 0 unspecified atom stereocenters. The fourth-order valence-corrected chi connectivity index (χ4v) is 2.19. The van der Waals surface area contributed by atoms with Crippen LogP contribution in [0.25, 0.3) is 0 Å². The van der Waals surface area contributed by atoms with E-state index in [-0.39, 0.29) is 30.8 Å². The van der Waals surface area contributed by atoms with E-state index < -0.39 is 23.0 Å². The lowest BCUT2D eigenvalue weighted by molar-refractivity contribution is -0.127. The fraction of sp³-hybridized carbons (Fsp3) is 0.263. The maximum atomic E-state index is 13.8. The quantitative estimate of drug-likeness (QED) is 0.445. The van der Waals surface area contributed by atoms with Gasteiger partial charge in [0.2, 0.25) is 11.9 Å². The minimum absolute atomic E-state index is 0.0572. The average Bonchev–Trinajstić information content (AvgIpc) is 2.71. The molecule has 0 atom stereocenters. The molecule has 0 saturated carbocycles. The van der Waals surface area contributed by atoms with Gasteiger partial charge in [-0.3, -0.25) is 9.79 Å². The number of nitrogens with zero attached hydrogens (tertiary/aromatic N) is 4. The Bertz CT molecular complexity index is 977. The second-order valence-corrected chi connectivity index (χ2v) is 6.41. The summed E-state index contributed by atoms with van der Waals surface area (Å²) in [4.78, 5) is 25.3. The van der Waals surface area contributed by atoms with Gasteiger partial charge in [0.15, 0.2) is 11.6 Å². The van der Waals surface area contributed by atoms with Gasteiger partial charge in [0, 0.05) is 50.4 Å². The Labute approximate surface area is 171 Å². The molecular formula is C19H22F3N7O. The molecule has 0 aliphatic heterocycles. The first kappa shape index (κ1) is 22.7. The Morgan fingerprint density at radius 2 is 1.97 bits per heavy atom. The van der Waals surface area contributed by atoms with E-state index in [0.717, 1.165) is 12.1 Å². The standard InChI is InChI=1S/C19H22F3N7O/c1-11-7-26-19(27-12(6-23)8-24-10-16(30)29(2)3)28-18(11)25-9-13-14(20)4-5-15(21)17(13)22/h4-8H,9-10,23H2,1-3H3,(H2,25,26,27,28)/b12-6+,24-8?. The Balaban J connectivity index is 2.10. The zero-order valence-corrected chi connectivity index (χ0v) is 16.7. The Morgan fingerprint density at radius 1 is 1.27 bits per heavy atom. The molecule has 2 rings (SSSR count). The van der Waals surface area contributed by atoms with Gasteiger partial charge in [-0.25, -0.2) is 18.2 Å². The number of hydrogen-bond donors (Lipinski definition) is 3. The normalized spacial score (nSPS) is 11.6. The highest BCUT2D eigenvalue weighted by Crippen LogP contribution is 2.19. The summed E-state index contributed by atoms with van der Waals surface area (Å²) >= 11 is 0. The number of nitrogens with one attached hydrogen (secondary N) is 2. The third kappa shape index (κ3) is 5.93. The van der Waals surface area contributed by atoms with Gasteiger partial charge < -0.3 is 21.3 Å². The summed E-state index contributed by atoms with van der Waals surface area (Å²) in [5.74, 6) is -3.04. The molecule has 0 bridgehead atoms. The van der Waals surface area contributed by atoms with Gasteiger partial charge in [0.05, 0.1) is 5.70 Å². The van der Waals surface area contributed by atoms with Crippen LogP contribution < -0.4 is 16.4 Å². The number of allylic oxidation sites excluding steroid dienone is 1. The minimum Gasteiger partial charge on any atom is -0.403 e. The van der Waals surface area contributed by atoms with Crippen molar-refractivity contribution in [2.75, 3.05) is 31.3 Å². The van der Waals surface area contributed by atoms with E-state index >= 15 is 0 Å². The van der Waals surface area contributed by atoms with E-state index in [0.29, 0.717) is 11.3 Å². The maximum Gasteiger partial charge on any atom is 0.243 e. The highest BCUT2D eigenvalue weighted by atomic mass is 19.2. The van der Waals surface area contributed by atoms with Crippen LogP contribution in [0, 0.1) is 24.4 Å². The van der Waals surface area contributed by atoms with Crippen LogP contribution in [0.2, 0.25) is 0 Å². The number of halogens is 3. The Kier molecular flexibility index (Phi) is 7.73. The van der Waals surface area contributed by atoms with Gasteiger partial charge in [-0.15, -0.1) is 0 Å². The molecule has 4 N–H and O–H groups in total. The van der Waals surface area contributed by atoms with Crippen molar-refractivity contribution < 1.29 is 18.0 Å². The van der Waals surface area contributed by atoms with Crippen molar-refractivity contribution in [2.45, 2.75) is 13.5 Å². The number of hydrogen-bond acceptors (Lipinski definition) is 7. The van der Waals surface area contributed by atoms with E-state index in [1.165, 1.54) is 23.5 Å². The van der Waals surface area contributed by atoms with Crippen LogP contribution in [0.15, 0.2) is 35.2 Å². The van der Waals surface area contributed by atoms with Gasteiger partial charge in [0.25, 0.3) is 0 Å². The lowest BCUT2D eigenvalue weighted by atomic mass is 10.2. The molecule has 0 radical (unpaired) electrons. The summed E-state index contributed by atoms with van der Waals surface area (Å²) in [5, 5.41) is 5.59. The van der Waals surface area contributed by atoms with Crippen molar-refractivity contribution in [1.82, 2.24) is 14.9 Å². The molecule has 1 aromatic carbocycles.